The van der Waals surface area contributed by atoms with E-state index < -0.39 is 62.5 Å². The highest BCUT2D eigenvalue weighted by Gasteiger charge is 2.32. The van der Waals surface area contributed by atoms with Gasteiger partial charge < -0.3 is 9.84 Å². The quantitative estimate of drug-likeness (QED) is 0.152. The number of nitrogens with zero attached hydrogens (tertiary/aromatic N) is 3. The van der Waals surface area contributed by atoms with Crippen LogP contribution in [0.5, 0.6) is 11.5 Å². The molecular formula is C35H27F4N3O6S. The number of hydrogen-bond acceptors (Lipinski definition) is 6. The number of fused-ring (bicyclic) bond motifs is 1. The molecule has 5 aromatic rings. The molecule has 252 valence electrons. The number of benzene rings is 4. The molecule has 1 N–H and O–H groups in total. The van der Waals surface area contributed by atoms with Crippen LogP contribution in [0.15, 0.2) is 89.0 Å². The Kier molecular flexibility index (Phi) is 8.75. The highest BCUT2D eigenvalue weighted by molar-refractivity contribution is 7.90. The fourth-order valence-electron chi connectivity index (χ4n) is 5.55. The lowest BCUT2D eigenvalue weighted by molar-refractivity contribution is -0.137. The van der Waals surface area contributed by atoms with Crippen LogP contribution in [0, 0.1) is 30.2 Å². The minimum absolute atomic E-state index is 0.0380. The molecule has 14 heteroatoms. The van der Waals surface area contributed by atoms with Gasteiger partial charge in [-0.1, -0.05) is 42.8 Å². The molecule has 1 aliphatic rings. The molecule has 0 fully saturated rings. The van der Waals surface area contributed by atoms with Crippen molar-refractivity contribution in [3.63, 3.8) is 0 Å². The fourth-order valence-corrected chi connectivity index (χ4v) is 6.89. The highest BCUT2D eigenvalue weighted by Crippen LogP contribution is 2.38. The largest absolute Gasteiger partial charge is 0.481 e. The minimum Gasteiger partial charge on any atom is -0.481 e. The lowest BCUT2D eigenvalue weighted by Crippen LogP contribution is -2.20. The summed E-state index contributed by atoms with van der Waals surface area (Å²) in [7, 11) is -4.20. The van der Waals surface area contributed by atoms with E-state index in [0.717, 1.165) is 51.1 Å². The highest BCUT2D eigenvalue weighted by atomic mass is 32.2. The molecule has 0 saturated carbocycles. The molecule has 0 saturated heterocycles. The molecule has 1 aromatic heterocycles. The Hall–Kier alpha value is -5.50. The van der Waals surface area contributed by atoms with Gasteiger partial charge in [-0.3, -0.25) is 9.59 Å². The number of hydrazone groups is 1. The Bertz CT molecular complexity index is 2290. The first-order chi connectivity index (χ1) is 23.3. The van der Waals surface area contributed by atoms with E-state index in [0.29, 0.717) is 0 Å². The van der Waals surface area contributed by atoms with Crippen molar-refractivity contribution in [2.24, 2.45) is 5.10 Å². The van der Waals surface area contributed by atoms with Crippen molar-refractivity contribution in [2.45, 2.75) is 43.9 Å². The first kappa shape index (κ1) is 33.4. The zero-order valence-electron chi connectivity index (χ0n) is 26.0. The Balaban J connectivity index is 1.29. The van der Waals surface area contributed by atoms with Gasteiger partial charge in [-0.2, -0.15) is 10.1 Å². The Morgan fingerprint density at radius 1 is 0.980 bits per heavy atom. The van der Waals surface area contributed by atoms with Crippen molar-refractivity contribution in [1.29, 1.82) is 0 Å². The Morgan fingerprint density at radius 2 is 1.71 bits per heavy atom. The van der Waals surface area contributed by atoms with Crippen LogP contribution < -0.4 is 9.75 Å². The summed E-state index contributed by atoms with van der Waals surface area (Å²) >= 11 is 0. The van der Waals surface area contributed by atoms with Crippen molar-refractivity contribution >= 4 is 44.2 Å². The maximum absolute atomic E-state index is 15.7. The number of hydrogen-bond donors (Lipinski definition) is 1. The van der Waals surface area contributed by atoms with Crippen LogP contribution in [-0.2, 0) is 26.0 Å². The number of halogens is 4. The lowest BCUT2D eigenvalue weighted by Gasteiger charge is -2.16. The smallest absolute Gasteiger partial charge is 0.303 e. The predicted octanol–water partition coefficient (Wildman–Crippen LogP) is 7.45. The molecule has 1 amide bonds. The van der Waals surface area contributed by atoms with Crippen LogP contribution in [0.2, 0.25) is 0 Å². The number of carboxylic acid groups (broad SMARTS) is 1. The summed E-state index contributed by atoms with van der Waals surface area (Å²) in [6.45, 7) is 3.38. The van der Waals surface area contributed by atoms with Gasteiger partial charge in [0.2, 0.25) is 0 Å². The fraction of sp³-hybridized carbons (Fsp3) is 0.171. The average molecular weight is 694 g/mol. The molecule has 1 atom stereocenters. The molecule has 49 heavy (non-hydrogen) atoms. The third-order valence-corrected chi connectivity index (χ3v) is 9.93. The van der Waals surface area contributed by atoms with E-state index in [2.05, 4.69) is 5.10 Å². The molecule has 6 rings (SSSR count). The van der Waals surface area contributed by atoms with E-state index in [1.807, 2.05) is 0 Å². The van der Waals surface area contributed by atoms with Crippen molar-refractivity contribution in [2.75, 3.05) is 5.01 Å². The van der Waals surface area contributed by atoms with Crippen molar-refractivity contribution in [1.82, 2.24) is 3.97 Å². The monoisotopic (exact) mass is 693 g/mol. The van der Waals surface area contributed by atoms with E-state index >= 15 is 17.6 Å². The number of rotatable bonds is 10. The molecule has 4 aromatic carbocycles. The summed E-state index contributed by atoms with van der Waals surface area (Å²) in [5.74, 6) is -7.62. The summed E-state index contributed by atoms with van der Waals surface area (Å²) in [6, 6.07) is 15.5. The molecule has 0 spiro atoms. The van der Waals surface area contributed by atoms with Crippen LogP contribution in [-0.4, -0.2) is 35.1 Å². The van der Waals surface area contributed by atoms with Gasteiger partial charge in [0, 0.05) is 36.1 Å². The first-order valence-corrected chi connectivity index (χ1v) is 16.4. The van der Waals surface area contributed by atoms with Gasteiger partial charge in [0.15, 0.2) is 17.4 Å². The molecule has 2 heterocycles. The van der Waals surface area contributed by atoms with E-state index in [1.165, 1.54) is 24.3 Å². The summed E-state index contributed by atoms with van der Waals surface area (Å²) in [5.41, 5.74) is 0.727. The van der Waals surface area contributed by atoms with E-state index in [1.54, 1.807) is 32.0 Å². The second kappa shape index (κ2) is 12.8. The number of carbonyl (C=O) groups is 2. The van der Waals surface area contributed by atoms with Crippen LogP contribution in [0.3, 0.4) is 0 Å². The first-order valence-electron chi connectivity index (χ1n) is 14.9. The molecule has 0 aliphatic carbocycles. The van der Waals surface area contributed by atoms with E-state index in [-0.39, 0.29) is 57.6 Å². The van der Waals surface area contributed by atoms with Gasteiger partial charge >= 0.3 is 5.97 Å². The maximum Gasteiger partial charge on any atom is 0.303 e. The predicted molar refractivity (Wildman–Crippen MR) is 172 cm³/mol. The number of carbonyl (C=O) groups excluding carboxylic acids is 1. The molecular weight excluding hydrogens is 666 g/mol. The standard InChI is InChI=1S/C35H27F4N3O6S/c1-19-6-10-23(11-7-19)49(46,47)41-15-14-25-29(41)17-27(37)35(34(25)39)48-22-9-12-26(36)30(16-22)42-31(43)18-28(40-42)20(2)24-5-3-4-21(33(24)38)8-13-32(44)45/h3-7,9-12,14-17,20H,8,13,18H2,1-2H3,(H,44,45). The van der Waals surface area contributed by atoms with Crippen LogP contribution in [0.25, 0.3) is 10.9 Å². The zero-order valence-corrected chi connectivity index (χ0v) is 26.8. The van der Waals surface area contributed by atoms with Crippen molar-refractivity contribution < 1.29 is 45.4 Å². The normalized spacial score (nSPS) is 14.0. The molecule has 1 unspecified atom stereocenters. The van der Waals surface area contributed by atoms with Crippen LogP contribution >= 0.6 is 0 Å². The number of aliphatic carboxylic acids is 1. The number of aromatic nitrogens is 1. The second-order valence-electron chi connectivity index (χ2n) is 11.5. The molecule has 0 radical (unpaired) electrons. The maximum atomic E-state index is 15.7. The number of anilines is 1. The lowest BCUT2D eigenvalue weighted by atomic mass is 9.91. The Labute approximate surface area is 277 Å². The van der Waals surface area contributed by atoms with E-state index in [4.69, 9.17) is 9.84 Å². The van der Waals surface area contributed by atoms with Gasteiger partial charge in [0.05, 0.1) is 22.5 Å². The average Bonchev–Trinajstić information content (AvgIpc) is 3.67. The van der Waals surface area contributed by atoms with Crippen LogP contribution in [0.4, 0.5) is 23.2 Å². The number of carboxylic acids is 1. The van der Waals surface area contributed by atoms with Gasteiger partial charge in [-0.25, -0.2) is 30.0 Å². The second-order valence-corrected chi connectivity index (χ2v) is 13.3. The third kappa shape index (κ3) is 6.26. The number of aryl methyl sites for hydroxylation is 2. The summed E-state index contributed by atoms with van der Waals surface area (Å²) < 4.78 is 94.1. The zero-order chi connectivity index (χ0) is 35.2. The number of amides is 1. The van der Waals surface area contributed by atoms with Gasteiger partial charge in [0.1, 0.15) is 23.1 Å². The third-order valence-electron chi connectivity index (χ3n) is 8.23. The van der Waals surface area contributed by atoms with Crippen molar-refractivity contribution in [3.8, 4) is 11.5 Å². The topological polar surface area (TPSA) is 118 Å². The summed E-state index contributed by atoms with van der Waals surface area (Å²) in [4.78, 5) is 23.9. The SMILES string of the molecule is Cc1ccc(S(=O)(=O)n2ccc3c(F)c(Oc4ccc(F)c(N5N=C(C(C)c6cccc(CCC(=O)O)c6F)CC5=O)c4)c(F)cc32)cc1. The van der Waals surface area contributed by atoms with Crippen LogP contribution in [0.1, 0.15) is 42.4 Å². The Morgan fingerprint density at radius 3 is 2.43 bits per heavy atom. The van der Waals surface area contributed by atoms with Gasteiger partial charge in [-0.15, -0.1) is 0 Å². The number of ether oxygens (including phenoxy) is 1. The van der Waals surface area contributed by atoms with E-state index in [9.17, 15) is 18.0 Å². The van der Waals surface area contributed by atoms with Gasteiger partial charge in [0.25, 0.3) is 15.9 Å². The van der Waals surface area contributed by atoms with Crippen molar-refractivity contribution in [3.05, 3.63) is 119 Å². The minimum atomic E-state index is -4.20. The van der Waals surface area contributed by atoms with Gasteiger partial charge in [-0.05, 0) is 54.8 Å². The molecule has 9 nitrogen and oxygen atoms in total. The summed E-state index contributed by atoms with van der Waals surface area (Å²) in [6.07, 6.45) is 0.497. The molecule has 1 aliphatic heterocycles. The molecule has 0 bridgehead atoms. The summed E-state index contributed by atoms with van der Waals surface area (Å²) in [5, 5.41) is 13.7.